The standard InChI is InChI=1S/C22H25N3O3/c26-21(11-6-12-25-19-9-4-5-10-20(19)28-22(25)27)24-15-13-23(14-16-24)17-18-7-2-1-3-8-18/h1-5,7-10H,6,11-17H2. The summed E-state index contributed by atoms with van der Waals surface area (Å²) in [5.74, 6) is -0.191. The topological polar surface area (TPSA) is 58.7 Å². The molecule has 1 amide bonds. The van der Waals surface area contributed by atoms with Gasteiger partial charge in [0.1, 0.15) is 0 Å². The monoisotopic (exact) mass is 379 g/mol. The van der Waals surface area contributed by atoms with Gasteiger partial charge in [-0.25, -0.2) is 4.79 Å². The van der Waals surface area contributed by atoms with Crippen molar-refractivity contribution in [3.05, 3.63) is 70.7 Å². The molecule has 1 saturated heterocycles. The van der Waals surface area contributed by atoms with E-state index in [1.165, 1.54) is 5.56 Å². The third-order valence-electron chi connectivity index (χ3n) is 5.32. The molecule has 1 aliphatic heterocycles. The summed E-state index contributed by atoms with van der Waals surface area (Å²) >= 11 is 0. The number of para-hydroxylation sites is 2. The number of carbonyl (C=O) groups excluding carboxylic acids is 1. The minimum Gasteiger partial charge on any atom is -0.408 e. The molecule has 3 aromatic rings. The van der Waals surface area contributed by atoms with Crippen LogP contribution in [0.4, 0.5) is 0 Å². The number of hydrogen-bond acceptors (Lipinski definition) is 4. The molecule has 0 N–H and O–H groups in total. The average molecular weight is 379 g/mol. The van der Waals surface area contributed by atoms with Gasteiger partial charge < -0.3 is 9.32 Å². The smallest absolute Gasteiger partial charge is 0.408 e. The van der Waals surface area contributed by atoms with E-state index in [2.05, 4.69) is 29.2 Å². The SMILES string of the molecule is O=C(CCCn1c(=O)oc2ccccc21)N1CCN(Cc2ccccc2)CC1. The van der Waals surface area contributed by atoms with Gasteiger partial charge in [0.25, 0.3) is 0 Å². The van der Waals surface area contributed by atoms with E-state index in [-0.39, 0.29) is 11.7 Å². The zero-order valence-corrected chi connectivity index (χ0v) is 15.9. The quantitative estimate of drug-likeness (QED) is 0.661. The molecule has 4 rings (SSSR count). The van der Waals surface area contributed by atoms with E-state index >= 15 is 0 Å². The van der Waals surface area contributed by atoms with Crippen molar-refractivity contribution in [2.24, 2.45) is 0 Å². The lowest BCUT2D eigenvalue weighted by Crippen LogP contribution is -2.48. The average Bonchev–Trinajstić information content (AvgIpc) is 3.04. The van der Waals surface area contributed by atoms with Crippen molar-refractivity contribution < 1.29 is 9.21 Å². The van der Waals surface area contributed by atoms with Gasteiger partial charge in [-0.05, 0) is 24.1 Å². The fraction of sp³-hybridized carbons (Fsp3) is 0.364. The molecule has 6 nitrogen and oxygen atoms in total. The predicted molar refractivity (Wildman–Crippen MR) is 108 cm³/mol. The first kappa shape index (κ1) is 18.5. The number of oxazole rings is 1. The Labute approximate surface area is 164 Å². The molecule has 28 heavy (non-hydrogen) atoms. The highest BCUT2D eigenvalue weighted by atomic mass is 16.4. The molecule has 1 aromatic heterocycles. The molecule has 2 heterocycles. The van der Waals surface area contributed by atoms with Gasteiger partial charge >= 0.3 is 5.76 Å². The van der Waals surface area contributed by atoms with Crippen LogP contribution in [0, 0.1) is 0 Å². The third-order valence-corrected chi connectivity index (χ3v) is 5.32. The number of carbonyl (C=O) groups is 1. The summed E-state index contributed by atoms with van der Waals surface area (Å²) in [7, 11) is 0. The van der Waals surface area contributed by atoms with Crippen LogP contribution in [0.3, 0.4) is 0 Å². The first-order valence-electron chi connectivity index (χ1n) is 9.83. The van der Waals surface area contributed by atoms with E-state index in [0.29, 0.717) is 25.0 Å². The van der Waals surface area contributed by atoms with Crippen LogP contribution in [0.1, 0.15) is 18.4 Å². The number of aromatic nitrogens is 1. The maximum absolute atomic E-state index is 12.5. The lowest BCUT2D eigenvalue weighted by Gasteiger charge is -2.34. The lowest BCUT2D eigenvalue weighted by atomic mass is 10.2. The Morgan fingerprint density at radius 1 is 0.929 bits per heavy atom. The van der Waals surface area contributed by atoms with Crippen LogP contribution < -0.4 is 5.76 Å². The summed E-state index contributed by atoms with van der Waals surface area (Å²) in [5.41, 5.74) is 2.68. The Balaban J connectivity index is 1.25. The number of benzene rings is 2. The lowest BCUT2D eigenvalue weighted by molar-refractivity contribution is -0.133. The highest BCUT2D eigenvalue weighted by molar-refractivity contribution is 5.76. The number of amides is 1. The van der Waals surface area contributed by atoms with Crippen LogP contribution in [0.5, 0.6) is 0 Å². The molecule has 146 valence electrons. The Kier molecular flexibility index (Phi) is 5.58. The van der Waals surface area contributed by atoms with E-state index < -0.39 is 0 Å². The van der Waals surface area contributed by atoms with E-state index in [1.807, 2.05) is 29.2 Å². The number of aryl methyl sites for hydroxylation is 1. The largest absolute Gasteiger partial charge is 0.419 e. The molecule has 1 aliphatic rings. The Bertz CT molecular complexity index is 985. The van der Waals surface area contributed by atoms with E-state index in [4.69, 9.17) is 4.42 Å². The van der Waals surface area contributed by atoms with Gasteiger partial charge in [-0.3, -0.25) is 14.3 Å². The number of hydrogen-bond donors (Lipinski definition) is 0. The first-order valence-corrected chi connectivity index (χ1v) is 9.83. The van der Waals surface area contributed by atoms with Crippen LogP contribution in [-0.2, 0) is 17.9 Å². The van der Waals surface area contributed by atoms with Crippen molar-refractivity contribution in [3.63, 3.8) is 0 Å². The van der Waals surface area contributed by atoms with Crippen LogP contribution >= 0.6 is 0 Å². The summed E-state index contributed by atoms with van der Waals surface area (Å²) < 4.78 is 6.85. The molecule has 0 unspecified atom stereocenters. The molecule has 0 radical (unpaired) electrons. The predicted octanol–water partition coefficient (Wildman–Crippen LogP) is 2.72. The summed E-state index contributed by atoms with van der Waals surface area (Å²) in [6, 6.07) is 17.8. The third kappa shape index (κ3) is 4.17. The summed E-state index contributed by atoms with van der Waals surface area (Å²) in [6.45, 7) is 4.74. The van der Waals surface area contributed by atoms with Gasteiger partial charge in [0.2, 0.25) is 5.91 Å². The molecule has 6 heteroatoms. The van der Waals surface area contributed by atoms with Crippen LogP contribution in [0.2, 0.25) is 0 Å². The minimum atomic E-state index is -0.358. The summed E-state index contributed by atoms with van der Waals surface area (Å²) in [6.07, 6.45) is 1.08. The number of piperazine rings is 1. The maximum atomic E-state index is 12.5. The zero-order chi connectivity index (χ0) is 19.3. The molecular formula is C22H25N3O3. The molecule has 2 aromatic carbocycles. The molecule has 1 fully saturated rings. The second-order valence-electron chi connectivity index (χ2n) is 7.23. The molecule has 0 saturated carbocycles. The molecule has 0 spiro atoms. The minimum absolute atomic E-state index is 0.167. The highest BCUT2D eigenvalue weighted by Crippen LogP contribution is 2.13. The fourth-order valence-corrected chi connectivity index (χ4v) is 3.77. The number of fused-ring (bicyclic) bond motifs is 1. The van der Waals surface area contributed by atoms with Crippen molar-refractivity contribution in [1.82, 2.24) is 14.4 Å². The summed E-state index contributed by atoms with van der Waals surface area (Å²) in [4.78, 5) is 28.9. The molecular weight excluding hydrogens is 354 g/mol. The van der Waals surface area contributed by atoms with Crippen molar-refractivity contribution in [1.29, 1.82) is 0 Å². The van der Waals surface area contributed by atoms with Crippen molar-refractivity contribution in [2.75, 3.05) is 26.2 Å². The van der Waals surface area contributed by atoms with Crippen LogP contribution in [0.15, 0.2) is 63.8 Å². The Morgan fingerprint density at radius 3 is 2.43 bits per heavy atom. The Morgan fingerprint density at radius 2 is 1.64 bits per heavy atom. The summed E-state index contributed by atoms with van der Waals surface area (Å²) in [5, 5.41) is 0. The zero-order valence-electron chi connectivity index (χ0n) is 15.9. The second kappa shape index (κ2) is 8.44. The van der Waals surface area contributed by atoms with Crippen molar-refractivity contribution >= 4 is 17.0 Å². The second-order valence-corrected chi connectivity index (χ2v) is 7.23. The molecule has 0 atom stereocenters. The van der Waals surface area contributed by atoms with Gasteiger partial charge in [0, 0.05) is 45.7 Å². The van der Waals surface area contributed by atoms with Crippen molar-refractivity contribution in [2.45, 2.75) is 25.9 Å². The van der Waals surface area contributed by atoms with Crippen LogP contribution in [-0.4, -0.2) is 46.5 Å². The van der Waals surface area contributed by atoms with Gasteiger partial charge in [-0.15, -0.1) is 0 Å². The molecule has 0 bridgehead atoms. The first-order chi connectivity index (χ1) is 13.7. The van der Waals surface area contributed by atoms with Gasteiger partial charge in [0.05, 0.1) is 5.52 Å². The molecule has 0 aliphatic carbocycles. The Hall–Kier alpha value is -2.86. The maximum Gasteiger partial charge on any atom is 0.419 e. The van der Waals surface area contributed by atoms with Gasteiger partial charge in [-0.1, -0.05) is 42.5 Å². The number of rotatable bonds is 6. The van der Waals surface area contributed by atoms with E-state index in [9.17, 15) is 9.59 Å². The van der Waals surface area contributed by atoms with Gasteiger partial charge in [0.15, 0.2) is 5.58 Å². The normalized spacial score (nSPS) is 15.2. The fourth-order valence-electron chi connectivity index (χ4n) is 3.77. The van der Waals surface area contributed by atoms with Gasteiger partial charge in [-0.2, -0.15) is 0 Å². The number of nitrogens with zero attached hydrogens (tertiary/aromatic N) is 3. The van der Waals surface area contributed by atoms with E-state index in [0.717, 1.165) is 38.2 Å². The van der Waals surface area contributed by atoms with Crippen molar-refractivity contribution in [3.8, 4) is 0 Å². The van der Waals surface area contributed by atoms with E-state index in [1.54, 1.807) is 10.6 Å². The highest BCUT2D eigenvalue weighted by Gasteiger charge is 2.21. The van der Waals surface area contributed by atoms with Crippen LogP contribution in [0.25, 0.3) is 11.1 Å².